The van der Waals surface area contributed by atoms with Crippen molar-refractivity contribution in [1.82, 2.24) is 4.90 Å². The molecule has 0 aromatic rings. The molecule has 1 saturated heterocycles. The Bertz CT molecular complexity index is 279. The van der Waals surface area contributed by atoms with Crippen LogP contribution in [0.3, 0.4) is 0 Å². The van der Waals surface area contributed by atoms with E-state index in [1.54, 1.807) is 18.7 Å². The zero-order chi connectivity index (χ0) is 12.3. The minimum atomic E-state index is -0.827. The molecular weight excluding hydrogens is 210 g/mol. The second-order valence-corrected chi connectivity index (χ2v) is 4.10. The molecule has 3 atom stereocenters. The highest BCUT2D eigenvalue weighted by molar-refractivity contribution is 5.82. The summed E-state index contributed by atoms with van der Waals surface area (Å²) in [6, 6.07) is -0.243. The van der Waals surface area contributed by atoms with Crippen LogP contribution < -0.4 is 0 Å². The number of rotatable bonds is 4. The summed E-state index contributed by atoms with van der Waals surface area (Å²) in [6.07, 6.45) is 0.0427. The van der Waals surface area contributed by atoms with Crippen LogP contribution in [0, 0.1) is 5.92 Å². The normalized spacial score (nSPS) is 26.8. The van der Waals surface area contributed by atoms with Gasteiger partial charge in [0.15, 0.2) is 0 Å². The van der Waals surface area contributed by atoms with E-state index in [2.05, 4.69) is 0 Å². The fourth-order valence-electron chi connectivity index (χ4n) is 2.14. The first-order valence-corrected chi connectivity index (χ1v) is 5.64. The molecule has 1 aliphatic heterocycles. The lowest BCUT2D eigenvalue weighted by Crippen LogP contribution is -2.43. The number of carbonyl (C=O) groups excluding carboxylic acids is 1. The monoisotopic (exact) mass is 229 g/mol. The smallest absolute Gasteiger partial charge is 0.308 e. The van der Waals surface area contributed by atoms with Gasteiger partial charge in [-0.05, 0) is 27.2 Å². The minimum absolute atomic E-state index is 0.113. The molecule has 1 rings (SSSR count). The van der Waals surface area contributed by atoms with Crippen molar-refractivity contribution in [3.8, 4) is 0 Å². The van der Waals surface area contributed by atoms with Crippen LogP contribution in [0.5, 0.6) is 0 Å². The largest absolute Gasteiger partial charge is 0.481 e. The van der Waals surface area contributed by atoms with Crippen LogP contribution in [0.2, 0.25) is 0 Å². The third-order valence-electron chi connectivity index (χ3n) is 3.12. The molecule has 1 aliphatic rings. The highest BCUT2D eigenvalue weighted by Gasteiger charge is 2.39. The highest BCUT2D eigenvalue weighted by Crippen LogP contribution is 2.25. The van der Waals surface area contributed by atoms with Crippen LogP contribution in [-0.2, 0) is 14.3 Å². The molecule has 0 radical (unpaired) electrons. The molecule has 0 spiro atoms. The second-order valence-electron chi connectivity index (χ2n) is 4.10. The number of amides is 1. The summed E-state index contributed by atoms with van der Waals surface area (Å²) in [5.41, 5.74) is 0. The molecule has 1 fully saturated rings. The Morgan fingerprint density at radius 2 is 2.19 bits per heavy atom. The van der Waals surface area contributed by atoms with E-state index in [4.69, 9.17) is 9.84 Å². The van der Waals surface area contributed by atoms with Gasteiger partial charge in [-0.15, -0.1) is 0 Å². The van der Waals surface area contributed by atoms with Crippen molar-refractivity contribution < 1.29 is 19.4 Å². The Kier molecular flexibility index (Phi) is 4.29. The number of ether oxygens (including phenoxy) is 1. The van der Waals surface area contributed by atoms with Gasteiger partial charge >= 0.3 is 5.97 Å². The van der Waals surface area contributed by atoms with Crippen LogP contribution in [0.4, 0.5) is 0 Å². The van der Waals surface area contributed by atoms with Gasteiger partial charge in [0.25, 0.3) is 5.91 Å². The fourth-order valence-corrected chi connectivity index (χ4v) is 2.14. The summed E-state index contributed by atoms with van der Waals surface area (Å²) in [6.45, 7) is 6.30. The maximum atomic E-state index is 11.9. The number of hydrogen-bond donors (Lipinski definition) is 1. The first kappa shape index (κ1) is 13.0. The van der Waals surface area contributed by atoms with Crippen LogP contribution in [-0.4, -0.2) is 47.2 Å². The van der Waals surface area contributed by atoms with Crippen LogP contribution in [0.1, 0.15) is 27.2 Å². The molecule has 0 saturated carbocycles. The maximum absolute atomic E-state index is 11.9. The molecule has 16 heavy (non-hydrogen) atoms. The van der Waals surface area contributed by atoms with E-state index in [0.29, 0.717) is 19.6 Å². The molecule has 3 unspecified atom stereocenters. The third-order valence-corrected chi connectivity index (χ3v) is 3.12. The molecule has 92 valence electrons. The minimum Gasteiger partial charge on any atom is -0.481 e. The lowest BCUT2D eigenvalue weighted by molar-refractivity contribution is -0.146. The predicted molar refractivity (Wildman–Crippen MR) is 58.0 cm³/mol. The summed E-state index contributed by atoms with van der Waals surface area (Å²) in [5.74, 6) is -1.39. The van der Waals surface area contributed by atoms with Gasteiger partial charge in [0.05, 0.1) is 5.92 Å². The average molecular weight is 229 g/mol. The number of likely N-dealkylation sites (tertiary alicyclic amines) is 1. The SMILES string of the molecule is CCOC(C)C(=O)N1CCC(C(=O)O)C1C. The Hall–Kier alpha value is -1.10. The van der Waals surface area contributed by atoms with Gasteiger partial charge in [-0.2, -0.15) is 0 Å². The van der Waals surface area contributed by atoms with E-state index in [9.17, 15) is 9.59 Å². The molecule has 1 heterocycles. The first-order valence-electron chi connectivity index (χ1n) is 5.64. The summed E-state index contributed by atoms with van der Waals surface area (Å²) < 4.78 is 5.22. The van der Waals surface area contributed by atoms with Gasteiger partial charge in [-0.3, -0.25) is 9.59 Å². The molecule has 0 aliphatic carbocycles. The molecule has 5 heteroatoms. The molecule has 5 nitrogen and oxygen atoms in total. The average Bonchev–Trinajstić information content (AvgIpc) is 2.59. The Balaban J connectivity index is 2.62. The van der Waals surface area contributed by atoms with Crippen molar-refractivity contribution in [2.45, 2.75) is 39.3 Å². The standard InChI is InChI=1S/C11H19NO4/c1-4-16-8(3)10(13)12-6-5-9(7(12)2)11(14)15/h7-9H,4-6H2,1-3H3,(H,14,15). The lowest BCUT2D eigenvalue weighted by atomic mass is 10.0. The zero-order valence-electron chi connectivity index (χ0n) is 9.97. The Morgan fingerprint density at radius 3 is 2.62 bits per heavy atom. The summed E-state index contributed by atoms with van der Waals surface area (Å²) >= 11 is 0. The van der Waals surface area contributed by atoms with Gasteiger partial charge < -0.3 is 14.7 Å². The molecule has 1 N–H and O–H groups in total. The highest BCUT2D eigenvalue weighted by atomic mass is 16.5. The molecule has 0 aromatic heterocycles. The van der Waals surface area contributed by atoms with E-state index >= 15 is 0 Å². The predicted octanol–water partition coefficient (Wildman–Crippen LogP) is 0.733. The summed E-state index contributed by atoms with van der Waals surface area (Å²) in [4.78, 5) is 24.4. The lowest BCUT2D eigenvalue weighted by Gasteiger charge is -2.26. The van der Waals surface area contributed by atoms with Crippen molar-refractivity contribution >= 4 is 11.9 Å². The van der Waals surface area contributed by atoms with E-state index in [-0.39, 0.29) is 11.9 Å². The van der Waals surface area contributed by atoms with Gasteiger partial charge in [0.2, 0.25) is 0 Å². The van der Waals surface area contributed by atoms with Crippen molar-refractivity contribution in [1.29, 1.82) is 0 Å². The van der Waals surface area contributed by atoms with E-state index < -0.39 is 18.0 Å². The molecule has 1 amide bonds. The van der Waals surface area contributed by atoms with Crippen molar-refractivity contribution in [2.24, 2.45) is 5.92 Å². The van der Waals surface area contributed by atoms with Crippen molar-refractivity contribution in [2.75, 3.05) is 13.2 Å². The van der Waals surface area contributed by atoms with Gasteiger partial charge in [0.1, 0.15) is 6.10 Å². The fraction of sp³-hybridized carbons (Fsp3) is 0.818. The number of carbonyl (C=O) groups is 2. The van der Waals surface area contributed by atoms with Crippen LogP contribution in [0.15, 0.2) is 0 Å². The van der Waals surface area contributed by atoms with Gasteiger partial charge in [0, 0.05) is 19.2 Å². The zero-order valence-corrected chi connectivity index (χ0v) is 9.97. The second kappa shape index (κ2) is 5.30. The third kappa shape index (κ3) is 2.52. The van der Waals surface area contributed by atoms with E-state index in [1.165, 1.54) is 0 Å². The van der Waals surface area contributed by atoms with E-state index in [1.807, 2.05) is 6.92 Å². The number of hydrogen-bond acceptors (Lipinski definition) is 3. The molecule has 0 bridgehead atoms. The maximum Gasteiger partial charge on any atom is 0.308 e. The summed E-state index contributed by atoms with van der Waals surface area (Å²) in [7, 11) is 0. The number of carboxylic acids is 1. The number of nitrogens with zero attached hydrogens (tertiary/aromatic N) is 1. The van der Waals surface area contributed by atoms with Gasteiger partial charge in [-0.1, -0.05) is 0 Å². The summed E-state index contributed by atoms with van der Waals surface area (Å²) in [5, 5.41) is 8.96. The molecule has 0 aromatic carbocycles. The first-order chi connectivity index (χ1) is 7.49. The van der Waals surface area contributed by atoms with Gasteiger partial charge in [-0.25, -0.2) is 0 Å². The quantitative estimate of drug-likeness (QED) is 0.771. The Morgan fingerprint density at radius 1 is 1.56 bits per heavy atom. The van der Waals surface area contributed by atoms with Crippen LogP contribution in [0.25, 0.3) is 0 Å². The van der Waals surface area contributed by atoms with Crippen molar-refractivity contribution in [3.05, 3.63) is 0 Å². The molecular formula is C11H19NO4. The Labute approximate surface area is 95.4 Å². The van der Waals surface area contributed by atoms with Crippen molar-refractivity contribution in [3.63, 3.8) is 0 Å². The number of carboxylic acid groups (broad SMARTS) is 1. The topological polar surface area (TPSA) is 66.8 Å². The van der Waals surface area contributed by atoms with Crippen LogP contribution >= 0.6 is 0 Å². The number of aliphatic carboxylic acids is 1. The van der Waals surface area contributed by atoms with E-state index in [0.717, 1.165) is 0 Å².